The molecule has 0 radical (unpaired) electrons. The molecule has 0 bridgehead atoms. The van der Waals surface area contributed by atoms with Crippen molar-refractivity contribution >= 4 is 16.6 Å². The maximum Gasteiger partial charge on any atom is 0.133 e. The molecule has 4 rings (SSSR count). The zero-order valence-corrected chi connectivity index (χ0v) is 11.8. The summed E-state index contributed by atoms with van der Waals surface area (Å²) in [6, 6.07) is 11.4. The Morgan fingerprint density at radius 2 is 2.05 bits per heavy atom. The number of aromatic nitrogens is 1. The van der Waals surface area contributed by atoms with Crippen LogP contribution in [0.3, 0.4) is 0 Å². The van der Waals surface area contributed by atoms with Gasteiger partial charge in [-0.2, -0.15) is 0 Å². The fourth-order valence-corrected chi connectivity index (χ4v) is 3.30. The lowest BCUT2D eigenvalue weighted by atomic mass is 10.1. The second kappa shape index (κ2) is 5.06. The number of likely N-dealkylation sites (tertiary alicyclic amines) is 1. The van der Waals surface area contributed by atoms with Gasteiger partial charge in [0, 0.05) is 30.7 Å². The number of rotatable bonds is 4. The highest BCUT2D eigenvalue weighted by molar-refractivity contribution is 5.91. The fraction of sp³-hybridized carbons (Fsp3) is 0.471. The monoisotopic (exact) mass is 267 g/mol. The predicted molar refractivity (Wildman–Crippen MR) is 82.9 cm³/mol. The van der Waals surface area contributed by atoms with Gasteiger partial charge in [-0.3, -0.25) is 0 Å². The van der Waals surface area contributed by atoms with E-state index in [-0.39, 0.29) is 0 Å². The molecule has 1 saturated carbocycles. The third-order valence-electron chi connectivity index (χ3n) is 4.61. The van der Waals surface area contributed by atoms with E-state index in [2.05, 4.69) is 45.5 Å². The zero-order chi connectivity index (χ0) is 13.4. The second-order valence-corrected chi connectivity index (χ2v) is 6.14. The molecule has 2 aromatic rings. The first kappa shape index (κ1) is 12.2. The topological polar surface area (TPSA) is 28.2 Å². The molecule has 104 valence electrons. The van der Waals surface area contributed by atoms with Crippen molar-refractivity contribution in [1.29, 1.82) is 0 Å². The van der Waals surface area contributed by atoms with Crippen LogP contribution in [0.4, 0.5) is 5.82 Å². The van der Waals surface area contributed by atoms with Crippen molar-refractivity contribution in [3.05, 3.63) is 36.5 Å². The summed E-state index contributed by atoms with van der Waals surface area (Å²) in [5.41, 5.74) is 0. The van der Waals surface area contributed by atoms with Crippen molar-refractivity contribution in [2.24, 2.45) is 5.92 Å². The van der Waals surface area contributed by atoms with Crippen molar-refractivity contribution in [2.45, 2.75) is 25.3 Å². The minimum Gasteiger partial charge on any atom is -0.369 e. The van der Waals surface area contributed by atoms with Gasteiger partial charge in [-0.25, -0.2) is 4.98 Å². The Kier molecular flexibility index (Phi) is 3.07. The van der Waals surface area contributed by atoms with E-state index < -0.39 is 0 Å². The summed E-state index contributed by atoms with van der Waals surface area (Å²) in [5, 5.41) is 6.06. The van der Waals surface area contributed by atoms with Crippen molar-refractivity contribution in [2.75, 3.05) is 25.0 Å². The van der Waals surface area contributed by atoms with Crippen LogP contribution in [0.25, 0.3) is 10.8 Å². The van der Waals surface area contributed by atoms with Crippen molar-refractivity contribution in [1.82, 2.24) is 9.88 Å². The maximum absolute atomic E-state index is 4.51. The summed E-state index contributed by atoms with van der Waals surface area (Å²) in [4.78, 5) is 7.18. The van der Waals surface area contributed by atoms with Crippen LogP contribution in [0.1, 0.15) is 19.3 Å². The van der Waals surface area contributed by atoms with Crippen LogP contribution >= 0.6 is 0 Å². The SMILES string of the molecule is c1ccc2c(NCC3CCN(C4CC4)C3)nccc2c1. The van der Waals surface area contributed by atoms with Crippen LogP contribution in [0.2, 0.25) is 0 Å². The number of nitrogens with one attached hydrogen (secondary N) is 1. The van der Waals surface area contributed by atoms with Gasteiger partial charge < -0.3 is 10.2 Å². The quantitative estimate of drug-likeness (QED) is 0.922. The lowest BCUT2D eigenvalue weighted by Crippen LogP contribution is -2.24. The Bertz CT molecular complexity index is 601. The summed E-state index contributed by atoms with van der Waals surface area (Å²) >= 11 is 0. The van der Waals surface area contributed by atoms with Crippen LogP contribution in [0.5, 0.6) is 0 Å². The first-order chi connectivity index (χ1) is 9.90. The Balaban J connectivity index is 1.43. The zero-order valence-electron chi connectivity index (χ0n) is 11.8. The van der Waals surface area contributed by atoms with E-state index in [1.807, 2.05) is 6.20 Å². The van der Waals surface area contributed by atoms with E-state index in [0.717, 1.165) is 24.3 Å². The number of hydrogen-bond acceptors (Lipinski definition) is 3. The summed E-state index contributed by atoms with van der Waals surface area (Å²) in [6.07, 6.45) is 6.07. The summed E-state index contributed by atoms with van der Waals surface area (Å²) in [6.45, 7) is 3.60. The van der Waals surface area contributed by atoms with E-state index in [1.165, 1.54) is 43.1 Å². The second-order valence-electron chi connectivity index (χ2n) is 6.14. The maximum atomic E-state index is 4.51. The molecule has 1 unspecified atom stereocenters. The van der Waals surface area contributed by atoms with Crippen LogP contribution in [0, 0.1) is 5.92 Å². The average molecular weight is 267 g/mol. The Morgan fingerprint density at radius 3 is 2.95 bits per heavy atom. The van der Waals surface area contributed by atoms with Crippen LogP contribution in [-0.4, -0.2) is 35.6 Å². The number of pyridine rings is 1. The first-order valence-corrected chi connectivity index (χ1v) is 7.72. The molecule has 1 aromatic heterocycles. The highest BCUT2D eigenvalue weighted by atomic mass is 15.2. The van der Waals surface area contributed by atoms with Gasteiger partial charge in [0.2, 0.25) is 0 Å². The molecule has 3 heteroatoms. The first-order valence-electron chi connectivity index (χ1n) is 7.72. The van der Waals surface area contributed by atoms with Crippen LogP contribution < -0.4 is 5.32 Å². The molecule has 1 aliphatic heterocycles. The molecular formula is C17H21N3. The van der Waals surface area contributed by atoms with Crippen molar-refractivity contribution in [3.8, 4) is 0 Å². The molecular weight excluding hydrogens is 246 g/mol. The van der Waals surface area contributed by atoms with E-state index >= 15 is 0 Å². The molecule has 2 fully saturated rings. The van der Waals surface area contributed by atoms with Gasteiger partial charge in [0.25, 0.3) is 0 Å². The summed E-state index contributed by atoms with van der Waals surface area (Å²) < 4.78 is 0. The molecule has 0 amide bonds. The highest BCUT2D eigenvalue weighted by Crippen LogP contribution is 2.32. The molecule has 1 aromatic carbocycles. The summed E-state index contributed by atoms with van der Waals surface area (Å²) in [7, 11) is 0. The Morgan fingerprint density at radius 1 is 1.15 bits per heavy atom. The largest absolute Gasteiger partial charge is 0.369 e. The van der Waals surface area contributed by atoms with Gasteiger partial charge in [-0.15, -0.1) is 0 Å². The highest BCUT2D eigenvalue weighted by Gasteiger charge is 2.34. The molecule has 3 nitrogen and oxygen atoms in total. The molecule has 1 N–H and O–H groups in total. The molecule has 2 heterocycles. The number of nitrogens with zero attached hydrogens (tertiary/aromatic N) is 2. The lowest BCUT2D eigenvalue weighted by molar-refractivity contribution is 0.316. The van der Waals surface area contributed by atoms with Gasteiger partial charge in [0.05, 0.1) is 0 Å². The molecule has 20 heavy (non-hydrogen) atoms. The van der Waals surface area contributed by atoms with E-state index in [4.69, 9.17) is 0 Å². The standard InChI is InChI=1S/C17H21N3/c1-2-4-16-14(3-1)7-9-18-17(16)19-11-13-8-10-20(12-13)15-5-6-15/h1-4,7,9,13,15H,5-6,8,10-12H2,(H,18,19). The van der Waals surface area contributed by atoms with Gasteiger partial charge in [-0.05, 0) is 43.2 Å². The summed E-state index contributed by atoms with van der Waals surface area (Å²) in [5.74, 6) is 1.81. The number of anilines is 1. The Labute approximate surface area is 120 Å². The number of hydrogen-bond donors (Lipinski definition) is 1. The number of benzene rings is 1. The third-order valence-corrected chi connectivity index (χ3v) is 4.61. The minimum atomic E-state index is 0.774. The van der Waals surface area contributed by atoms with Crippen LogP contribution in [-0.2, 0) is 0 Å². The smallest absolute Gasteiger partial charge is 0.133 e. The lowest BCUT2D eigenvalue weighted by Gasteiger charge is -2.16. The molecule has 2 aliphatic rings. The molecule has 1 aliphatic carbocycles. The molecule has 1 saturated heterocycles. The minimum absolute atomic E-state index is 0.774. The normalized spacial score (nSPS) is 23.3. The predicted octanol–water partition coefficient (Wildman–Crippen LogP) is 3.13. The van der Waals surface area contributed by atoms with E-state index in [0.29, 0.717) is 0 Å². The van der Waals surface area contributed by atoms with E-state index in [1.54, 1.807) is 0 Å². The number of fused-ring (bicyclic) bond motifs is 1. The van der Waals surface area contributed by atoms with Gasteiger partial charge in [0.1, 0.15) is 5.82 Å². The fourth-order valence-electron chi connectivity index (χ4n) is 3.30. The van der Waals surface area contributed by atoms with Crippen LogP contribution in [0.15, 0.2) is 36.5 Å². The van der Waals surface area contributed by atoms with E-state index in [9.17, 15) is 0 Å². The Hall–Kier alpha value is -1.61. The third kappa shape index (κ3) is 2.38. The molecule has 0 spiro atoms. The van der Waals surface area contributed by atoms with Crippen molar-refractivity contribution < 1.29 is 0 Å². The van der Waals surface area contributed by atoms with Gasteiger partial charge in [-0.1, -0.05) is 24.3 Å². The average Bonchev–Trinajstić information content (AvgIpc) is 3.24. The van der Waals surface area contributed by atoms with Gasteiger partial charge in [0.15, 0.2) is 0 Å². The van der Waals surface area contributed by atoms with Gasteiger partial charge >= 0.3 is 0 Å². The molecule has 1 atom stereocenters. The van der Waals surface area contributed by atoms with Crippen molar-refractivity contribution in [3.63, 3.8) is 0 Å².